The highest BCUT2D eigenvalue weighted by Gasteiger charge is 2.27. The highest BCUT2D eigenvalue weighted by Crippen LogP contribution is 2.38. The van der Waals surface area contributed by atoms with Crippen LogP contribution in [0.3, 0.4) is 0 Å². The zero-order chi connectivity index (χ0) is 31.4. The number of hydrogen-bond acceptors (Lipinski definition) is 9. The number of rotatable bonds is 13. The molecule has 0 heterocycles. The zero-order valence-corrected chi connectivity index (χ0v) is 27.4. The summed E-state index contributed by atoms with van der Waals surface area (Å²) in [4.78, 5) is 11.5. The Bertz CT molecular complexity index is 1520. The summed E-state index contributed by atoms with van der Waals surface area (Å²) in [6.45, 7) is 12.7. The Morgan fingerprint density at radius 1 is 0.878 bits per heavy atom. The van der Waals surface area contributed by atoms with Crippen LogP contribution in [0, 0.1) is 0 Å². The van der Waals surface area contributed by atoms with E-state index in [2.05, 4.69) is 63.8 Å². The lowest BCUT2D eigenvalue weighted by molar-refractivity contribution is 0.224. The fourth-order valence-electron chi connectivity index (χ4n) is 3.76. The van der Waals surface area contributed by atoms with Crippen LogP contribution in [0.2, 0.25) is 0 Å². The second-order valence-corrected chi connectivity index (χ2v) is 16.0. The van der Waals surface area contributed by atoms with Crippen molar-refractivity contribution in [3.05, 3.63) is 41.5 Å². The minimum absolute atomic E-state index is 0.00958. The number of urea groups is 1. The zero-order valence-electron chi connectivity index (χ0n) is 25.0. The molecular weight excluding hydrogens is 591 g/mol. The van der Waals surface area contributed by atoms with E-state index in [1.54, 1.807) is 0 Å². The van der Waals surface area contributed by atoms with Gasteiger partial charge in [0.1, 0.15) is 5.75 Å². The Kier molecular flexibility index (Phi) is 10.9. The molecule has 0 aliphatic rings. The maximum Gasteiger partial charge on any atom is 0.336 e. The molecule has 0 aliphatic carbocycles. The average molecular weight is 632 g/mol. The van der Waals surface area contributed by atoms with Gasteiger partial charge in [-0.2, -0.15) is 0 Å². The average Bonchev–Trinajstić information content (AvgIpc) is 2.86. The van der Waals surface area contributed by atoms with E-state index in [0.29, 0.717) is 5.75 Å². The van der Waals surface area contributed by atoms with Crippen LogP contribution in [-0.2, 0) is 41.6 Å². The van der Waals surface area contributed by atoms with Crippen molar-refractivity contribution in [2.24, 2.45) is 0 Å². The van der Waals surface area contributed by atoms with Gasteiger partial charge in [-0.05, 0) is 41.4 Å². The molecule has 2 rings (SSSR count). The first-order chi connectivity index (χ1) is 18.7. The van der Waals surface area contributed by atoms with Crippen molar-refractivity contribution in [3.63, 3.8) is 0 Å². The van der Waals surface area contributed by atoms with Gasteiger partial charge in [0.2, 0.25) is 11.1 Å². The van der Waals surface area contributed by atoms with Crippen molar-refractivity contribution in [2.45, 2.75) is 75.0 Å². The van der Waals surface area contributed by atoms with Crippen molar-refractivity contribution in [3.8, 4) is 11.5 Å². The third-order valence-corrected chi connectivity index (χ3v) is 9.90. The van der Waals surface area contributed by atoms with E-state index in [-0.39, 0.29) is 29.0 Å². The number of anilines is 1. The van der Waals surface area contributed by atoms with E-state index in [4.69, 9.17) is 8.92 Å². The first-order valence-electron chi connectivity index (χ1n) is 12.9. The monoisotopic (exact) mass is 631 g/mol. The van der Waals surface area contributed by atoms with Crippen molar-refractivity contribution in [2.75, 3.05) is 30.9 Å². The Morgan fingerprint density at radius 3 is 1.95 bits per heavy atom. The van der Waals surface area contributed by atoms with E-state index in [0.717, 1.165) is 43.0 Å². The molecule has 230 valence electrons. The highest BCUT2D eigenvalue weighted by atomic mass is 32.2. The molecule has 1 unspecified atom stereocenters. The van der Waals surface area contributed by atoms with E-state index >= 15 is 0 Å². The molecule has 2 aromatic carbocycles. The predicted molar refractivity (Wildman–Crippen MR) is 161 cm³/mol. The van der Waals surface area contributed by atoms with E-state index < -0.39 is 46.6 Å². The smallest absolute Gasteiger partial charge is 0.336 e. The summed E-state index contributed by atoms with van der Waals surface area (Å²) in [5.41, 5.74) is 6.73. The molecule has 41 heavy (non-hydrogen) atoms. The second-order valence-electron chi connectivity index (χ2n) is 11.1. The molecule has 0 spiro atoms. The van der Waals surface area contributed by atoms with Gasteiger partial charge in [0.15, 0.2) is 32.2 Å². The fourth-order valence-corrected chi connectivity index (χ4v) is 6.56. The van der Waals surface area contributed by atoms with Crippen LogP contribution in [0.15, 0.2) is 40.1 Å². The highest BCUT2D eigenvalue weighted by molar-refractivity contribution is 7.93. The second kappa shape index (κ2) is 13.0. The molecule has 1 atom stereocenters. The maximum absolute atomic E-state index is 12.5. The topological polar surface area (TPSA) is 157 Å². The van der Waals surface area contributed by atoms with Crippen LogP contribution in [0.25, 0.3) is 0 Å². The first-order valence-corrected chi connectivity index (χ1v) is 18.2. The summed E-state index contributed by atoms with van der Waals surface area (Å²) in [5.74, 6) is 0.396. The Balaban J connectivity index is 2.24. The Hall–Kier alpha value is -2.84. The summed E-state index contributed by atoms with van der Waals surface area (Å²) in [6, 6.07) is 7.28. The first kappa shape index (κ1) is 34.4. The summed E-state index contributed by atoms with van der Waals surface area (Å²) >= 11 is -1.88. The van der Waals surface area contributed by atoms with Crippen molar-refractivity contribution in [1.82, 2.24) is 10.7 Å². The summed E-state index contributed by atoms with van der Waals surface area (Å²) in [5, 5.41) is 2.55. The molecule has 2 amide bonds. The predicted octanol–water partition coefficient (Wildman–Crippen LogP) is 4.20. The number of carbonyl (C=O) groups is 1. The standard InChI is InChI=1S/C27H41N3O8S3/c1-10-26(3,4)18-12-13-21(19(14-18)27(5,6)11-2)37-17-28-25(31)30-29-20-15-23(40(8,33)34)24(41(9,35)36)16-22(20)38-39(7)32/h12-16,29H,10-11,17H2,1-9H3,(H2,28,30,31). The molecule has 0 aliphatic heterocycles. The number of amides is 2. The maximum atomic E-state index is 12.5. The van der Waals surface area contributed by atoms with Gasteiger partial charge in [-0.15, -0.1) is 0 Å². The number of hydrazine groups is 1. The largest absolute Gasteiger partial charge is 0.473 e. The lowest BCUT2D eigenvalue weighted by atomic mass is 9.76. The lowest BCUT2D eigenvalue weighted by Crippen LogP contribution is -2.41. The van der Waals surface area contributed by atoms with Crippen LogP contribution in [0.5, 0.6) is 11.5 Å². The molecule has 11 nitrogen and oxygen atoms in total. The van der Waals surface area contributed by atoms with Crippen LogP contribution < -0.4 is 25.1 Å². The molecule has 3 N–H and O–H groups in total. The minimum Gasteiger partial charge on any atom is -0.473 e. The van der Waals surface area contributed by atoms with Crippen LogP contribution in [0.1, 0.15) is 65.5 Å². The third kappa shape index (κ3) is 9.07. The third-order valence-electron chi connectivity index (χ3n) is 7.08. The molecule has 0 radical (unpaired) electrons. The van der Waals surface area contributed by atoms with Gasteiger partial charge < -0.3 is 14.2 Å². The van der Waals surface area contributed by atoms with Gasteiger partial charge in [-0.25, -0.2) is 25.8 Å². The van der Waals surface area contributed by atoms with E-state index in [9.17, 15) is 25.8 Å². The normalized spacial score (nSPS) is 13.3. The van der Waals surface area contributed by atoms with Crippen molar-refractivity contribution < 1.29 is 34.8 Å². The summed E-state index contributed by atoms with van der Waals surface area (Å²) < 4.78 is 71.9. The van der Waals surface area contributed by atoms with E-state index in [1.165, 1.54) is 11.8 Å². The molecule has 0 fully saturated rings. The quantitative estimate of drug-likeness (QED) is 0.218. The van der Waals surface area contributed by atoms with Gasteiger partial charge in [0, 0.05) is 30.4 Å². The number of nitrogens with one attached hydrogen (secondary N) is 3. The molecule has 0 saturated heterocycles. The molecular formula is C27H41N3O8S3. The molecule has 2 aromatic rings. The van der Waals surface area contributed by atoms with Gasteiger partial charge in [-0.3, -0.25) is 10.9 Å². The Morgan fingerprint density at radius 2 is 1.44 bits per heavy atom. The SMILES string of the molecule is CCC(C)(C)c1ccc(OCNC(=O)NNc2cc(S(C)(=O)=O)c(S(C)(=O)=O)cc2OS(C)=O)c(C(C)(C)CC)c1. The van der Waals surface area contributed by atoms with E-state index in [1.807, 2.05) is 12.1 Å². The summed E-state index contributed by atoms with van der Waals surface area (Å²) in [6.07, 6.45) is 4.74. The number of benzene rings is 2. The lowest BCUT2D eigenvalue weighted by Gasteiger charge is -2.30. The molecule has 0 bridgehead atoms. The number of ether oxygens (including phenoxy) is 1. The van der Waals surface area contributed by atoms with Crippen LogP contribution >= 0.6 is 0 Å². The van der Waals surface area contributed by atoms with Crippen LogP contribution in [-0.4, -0.2) is 52.6 Å². The molecule has 0 aromatic heterocycles. The number of hydrogen-bond donors (Lipinski definition) is 3. The fraction of sp³-hybridized carbons (Fsp3) is 0.519. The number of carbonyl (C=O) groups excluding carboxylic acids is 1. The van der Waals surface area contributed by atoms with Crippen LogP contribution in [0.4, 0.5) is 10.5 Å². The van der Waals surface area contributed by atoms with Gasteiger partial charge in [0.25, 0.3) is 0 Å². The minimum atomic E-state index is -4.00. The van der Waals surface area contributed by atoms with Gasteiger partial charge in [-0.1, -0.05) is 53.7 Å². The number of sulfone groups is 2. The molecule has 0 saturated carbocycles. The van der Waals surface area contributed by atoms with Gasteiger partial charge >= 0.3 is 6.03 Å². The molecule has 14 heteroatoms. The summed E-state index contributed by atoms with van der Waals surface area (Å²) in [7, 11) is -7.99. The Labute approximate surface area is 246 Å². The van der Waals surface area contributed by atoms with Crippen molar-refractivity contribution >= 4 is 42.5 Å². The van der Waals surface area contributed by atoms with Crippen molar-refractivity contribution in [1.29, 1.82) is 0 Å². The van der Waals surface area contributed by atoms with Gasteiger partial charge in [0.05, 0.1) is 15.5 Å².